The predicted molar refractivity (Wildman–Crippen MR) is 90.5 cm³/mol. The summed E-state index contributed by atoms with van der Waals surface area (Å²) < 4.78 is 0.893. The topological polar surface area (TPSA) is 29.1 Å². The quantitative estimate of drug-likeness (QED) is 0.852. The number of aryl methyl sites for hydroxylation is 1. The first-order valence-corrected chi connectivity index (χ1v) is 8.44. The first-order chi connectivity index (χ1) is 9.60. The summed E-state index contributed by atoms with van der Waals surface area (Å²) in [7, 11) is 0. The van der Waals surface area contributed by atoms with Gasteiger partial charge in [0.25, 0.3) is 5.91 Å². The van der Waals surface area contributed by atoms with Gasteiger partial charge in [-0.15, -0.1) is 0 Å². The number of anilines is 1. The molecular weight excluding hydrogens is 334 g/mol. The van der Waals surface area contributed by atoms with E-state index in [1.54, 1.807) is 11.8 Å². The molecule has 0 unspecified atom stereocenters. The summed E-state index contributed by atoms with van der Waals surface area (Å²) in [5.41, 5.74) is 3.83. The van der Waals surface area contributed by atoms with Crippen LogP contribution in [0.5, 0.6) is 0 Å². The van der Waals surface area contributed by atoms with E-state index in [1.165, 1.54) is 5.56 Å². The highest BCUT2D eigenvalue weighted by Crippen LogP contribution is 2.24. The Labute approximate surface area is 132 Å². The van der Waals surface area contributed by atoms with Crippen molar-refractivity contribution in [3.8, 4) is 0 Å². The molecule has 4 heteroatoms. The second kappa shape index (κ2) is 6.95. The van der Waals surface area contributed by atoms with E-state index in [4.69, 9.17) is 0 Å². The average Bonchev–Trinajstić information content (AvgIpc) is 2.43. The first kappa shape index (κ1) is 15.1. The van der Waals surface area contributed by atoms with Crippen molar-refractivity contribution in [2.75, 3.05) is 11.6 Å². The molecule has 0 aliphatic heterocycles. The largest absolute Gasteiger partial charge is 0.321 e. The molecule has 0 aliphatic rings. The zero-order chi connectivity index (χ0) is 14.5. The molecule has 2 nitrogen and oxygen atoms in total. The minimum absolute atomic E-state index is 0.0924. The Morgan fingerprint density at radius 1 is 1.20 bits per heavy atom. The molecule has 1 N–H and O–H groups in total. The van der Waals surface area contributed by atoms with Gasteiger partial charge in [0.2, 0.25) is 0 Å². The van der Waals surface area contributed by atoms with Crippen molar-refractivity contribution < 1.29 is 4.79 Å². The van der Waals surface area contributed by atoms with Gasteiger partial charge in [-0.25, -0.2) is 0 Å². The Morgan fingerprint density at radius 2 is 1.90 bits per heavy atom. The van der Waals surface area contributed by atoms with Crippen molar-refractivity contribution in [3.63, 3.8) is 0 Å². The number of halogens is 1. The van der Waals surface area contributed by atoms with Crippen molar-refractivity contribution in [3.05, 3.63) is 63.6 Å². The van der Waals surface area contributed by atoms with Gasteiger partial charge in [-0.3, -0.25) is 4.79 Å². The van der Waals surface area contributed by atoms with E-state index in [-0.39, 0.29) is 5.91 Å². The molecule has 0 saturated heterocycles. The lowest BCUT2D eigenvalue weighted by Crippen LogP contribution is -2.12. The van der Waals surface area contributed by atoms with E-state index < -0.39 is 0 Å². The van der Waals surface area contributed by atoms with Gasteiger partial charge >= 0.3 is 0 Å². The smallest absolute Gasteiger partial charge is 0.255 e. The number of thioether (sulfide) groups is 1. The van der Waals surface area contributed by atoms with E-state index in [2.05, 4.69) is 27.5 Å². The summed E-state index contributed by atoms with van der Waals surface area (Å²) >= 11 is 5.23. The lowest BCUT2D eigenvalue weighted by atomic mass is 10.1. The minimum atomic E-state index is -0.0924. The van der Waals surface area contributed by atoms with Crippen LogP contribution in [-0.2, 0) is 5.75 Å². The van der Waals surface area contributed by atoms with Crippen LogP contribution in [-0.4, -0.2) is 12.2 Å². The van der Waals surface area contributed by atoms with Crippen LogP contribution in [0.3, 0.4) is 0 Å². The number of benzene rings is 2. The van der Waals surface area contributed by atoms with Gasteiger partial charge in [-0.2, -0.15) is 11.8 Å². The lowest BCUT2D eigenvalue weighted by Gasteiger charge is -2.08. The summed E-state index contributed by atoms with van der Waals surface area (Å²) in [6.07, 6.45) is 2.07. The molecule has 0 saturated carbocycles. The Morgan fingerprint density at radius 3 is 2.50 bits per heavy atom. The fraction of sp³-hybridized carbons (Fsp3) is 0.188. The number of hydrogen-bond acceptors (Lipinski definition) is 2. The normalized spacial score (nSPS) is 10.3. The average molecular weight is 350 g/mol. The highest BCUT2D eigenvalue weighted by Gasteiger charge is 2.08. The highest BCUT2D eigenvalue weighted by molar-refractivity contribution is 9.10. The van der Waals surface area contributed by atoms with E-state index >= 15 is 0 Å². The number of carbonyl (C=O) groups excluding carboxylic acids is 1. The van der Waals surface area contributed by atoms with Crippen LogP contribution in [0.15, 0.2) is 46.9 Å². The highest BCUT2D eigenvalue weighted by atomic mass is 79.9. The molecule has 1 amide bonds. The van der Waals surface area contributed by atoms with E-state index in [0.717, 1.165) is 21.5 Å². The van der Waals surface area contributed by atoms with Crippen LogP contribution >= 0.6 is 27.7 Å². The Hall–Kier alpha value is -1.26. The third-order valence-corrected chi connectivity index (χ3v) is 4.18. The van der Waals surface area contributed by atoms with Crippen molar-refractivity contribution in [1.82, 2.24) is 0 Å². The maximum atomic E-state index is 12.2. The fourth-order valence-corrected chi connectivity index (χ4v) is 2.95. The van der Waals surface area contributed by atoms with Gasteiger partial charge in [-0.05, 0) is 64.5 Å². The predicted octanol–water partition coefficient (Wildman–Crippen LogP) is 4.87. The molecule has 0 radical (unpaired) electrons. The monoisotopic (exact) mass is 349 g/mol. The van der Waals surface area contributed by atoms with Crippen LogP contribution in [0.25, 0.3) is 0 Å². The van der Waals surface area contributed by atoms with Crippen molar-refractivity contribution >= 4 is 39.3 Å². The van der Waals surface area contributed by atoms with Crippen LogP contribution < -0.4 is 5.32 Å². The molecule has 2 aromatic rings. The van der Waals surface area contributed by atoms with Crippen LogP contribution in [0.1, 0.15) is 21.5 Å². The van der Waals surface area contributed by atoms with Crippen molar-refractivity contribution in [2.45, 2.75) is 12.7 Å². The van der Waals surface area contributed by atoms with Crippen LogP contribution in [0, 0.1) is 6.92 Å². The summed E-state index contributed by atoms with van der Waals surface area (Å²) in [4.78, 5) is 12.2. The molecule has 2 rings (SSSR count). The molecule has 2 aromatic carbocycles. The van der Waals surface area contributed by atoms with Gasteiger partial charge < -0.3 is 5.32 Å². The van der Waals surface area contributed by atoms with E-state index in [0.29, 0.717) is 5.56 Å². The van der Waals surface area contributed by atoms with Crippen molar-refractivity contribution in [2.24, 2.45) is 0 Å². The number of nitrogens with one attached hydrogen (secondary N) is 1. The summed E-state index contributed by atoms with van der Waals surface area (Å²) in [5.74, 6) is 0.871. The van der Waals surface area contributed by atoms with E-state index in [1.807, 2.05) is 49.4 Å². The van der Waals surface area contributed by atoms with Crippen LogP contribution in [0.4, 0.5) is 5.69 Å². The SMILES string of the molecule is CSCc1ccc(C(=O)Nc2ccc(C)cc2Br)cc1. The van der Waals surface area contributed by atoms with Crippen molar-refractivity contribution in [1.29, 1.82) is 0 Å². The standard InChI is InChI=1S/C16H16BrNOS/c1-11-3-8-15(14(17)9-11)18-16(19)13-6-4-12(5-7-13)10-20-2/h3-9H,10H2,1-2H3,(H,18,19). The molecule has 0 atom stereocenters. The van der Waals surface area contributed by atoms with Gasteiger partial charge in [0.15, 0.2) is 0 Å². The van der Waals surface area contributed by atoms with Gasteiger partial charge in [0.05, 0.1) is 5.69 Å². The maximum Gasteiger partial charge on any atom is 0.255 e. The second-order valence-electron chi connectivity index (χ2n) is 4.57. The Balaban J connectivity index is 2.11. The molecule has 0 bridgehead atoms. The summed E-state index contributed by atoms with van der Waals surface area (Å²) in [6.45, 7) is 2.01. The zero-order valence-corrected chi connectivity index (χ0v) is 13.8. The number of rotatable bonds is 4. The van der Waals surface area contributed by atoms with Gasteiger partial charge in [-0.1, -0.05) is 18.2 Å². The molecule has 0 heterocycles. The first-order valence-electron chi connectivity index (χ1n) is 6.25. The van der Waals surface area contributed by atoms with Gasteiger partial charge in [0, 0.05) is 15.8 Å². The molecule has 0 aromatic heterocycles. The Bertz CT molecular complexity index is 610. The molecular formula is C16H16BrNOS. The molecule has 104 valence electrons. The number of hydrogen-bond donors (Lipinski definition) is 1. The molecule has 0 fully saturated rings. The molecule has 20 heavy (non-hydrogen) atoms. The lowest BCUT2D eigenvalue weighted by molar-refractivity contribution is 0.102. The summed E-state index contributed by atoms with van der Waals surface area (Å²) in [5, 5.41) is 2.91. The maximum absolute atomic E-state index is 12.2. The number of amides is 1. The van der Waals surface area contributed by atoms with Gasteiger partial charge in [0.1, 0.15) is 0 Å². The van der Waals surface area contributed by atoms with E-state index in [9.17, 15) is 4.79 Å². The molecule has 0 spiro atoms. The second-order valence-corrected chi connectivity index (χ2v) is 6.29. The Kier molecular flexibility index (Phi) is 5.26. The third kappa shape index (κ3) is 3.87. The fourth-order valence-electron chi connectivity index (χ4n) is 1.84. The number of carbonyl (C=O) groups is 1. The molecule has 0 aliphatic carbocycles. The zero-order valence-electron chi connectivity index (χ0n) is 11.4. The summed E-state index contributed by atoms with van der Waals surface area (Å²) in [6, 6.07) is 13.6. The third-order valence-electron chi connectivity index (χ3n) is 2.90. The van der Waals surface area contributed by atoms with Crippen LogP contribution in [0.2, 0.25) is 0 Å². The minimum Gasteiger partial charge on any atom is -0.321 e.